The smallest absolute Gasteiger partial charge is 0.307 e. The van der Waals surface area contributed by atoms with Gasteiger partial charge in [0.1, 0.15) is 0 Å². The molecule has 0 spiro atoms. The normalized spacial score (nSPS) is 29.6. The van der Waals surface area contributed by atoms with Crippen LogP contribution in [0.4, 0.5) is 0 Å². The van der Waals surface area contributed by atoms with Crippen LogP contribution in [-0.2, 0) is 9.53 Å². The minimum absolute atomic E-state index is 0.00806. The number of carbonyl (C=O) groups excluding carboxylic acids is 1. The first kappa shape index (κ1) is 16.8. The Kier molecular flexibility index (Phi) is 6.49. The Labute approximate surface area is 129 Å². The van der Waals surface area contributed by atoms with Crippen molar-refractivity contribution in [3.8, 4) is 0 Å². The summed E-state index contributed by atoms with van der Waals surface area (Å²) in [5.74, 6) is -0.00806. The van der Waals surface area contributed by atoms with Crippen LogP contribution in [0.15, 0.2) is 0 Å². The quantitative estimate of drug-likeness (QED) is 0.747. The molecule has 0 aliphatic carbocycles. The fourth-order valence-electron chi connectivity index (χ4n) is 3.94. The first-order valence-corrected chi connectivity index (χ1v) is 8.75. The topological polar surface area (TPSA) is 32.8 Å². The Bertz CT molecular complexity index is 327. The monoisotopic (exact) mass is 296 g/mol. The third kappa shape index (κ3) is 4.68. The number of nitrogens with zero attached hydrogens (tertiary/aromatic N) is 2. The van der Waals surface area contributed by atoms with Gasteiger partial charge < -0.3 is 9.64 Å². The Balaban J connectivity index is 2.12. The molecule has 4 heteroatoms. The van der Waals surface area contributed by atoms with E-state index in [9.17, 15) is 4.79 Å². The van der Waals surface area contributed by atoms with E-state index in [1.807, 2.05) is 6.92 Å². The molecule has 0 amide bonds. The van der Waals surface area contributed by atoms with Crippen LogP contribution in [0, 0.1) is 0 Å². The van der Waals surface area contributed by atoms with Crippen molar-refractivity contribution in [1.29, 1.82) is 0 Å². The van der Waals surface area contributed by atoms with E-state index in [1.54, 1.807) is 0 Å². The summed E-state index contributed by atoms with van der Waals surface area (Å²) >= 11 is 0. The van der Waals surface area contributed by atoms with E-state index < -0.39 is 0 Å². The van der Waals surface area contributed by atoms with Gasteiger partial charge in [-0.15, -0.1) is 0 Å². The van der Waals surface area contributed by atoms with Crippen molar-refractivity contribution in [3.63, 3.8) is 0 Å². The summed E-state index contributed by atoms with van der Waals surface area (Å²) in [6, 6.07) is 0. The van der Waals surface area contributed by atoms with Crippen molar-refractivity contribution in [3.05, 3.63) is 0 Å². The van der Waals surface area contributed by atoms with E-state index in [0.717, 1.165) is 39.0 Å². The molecule has 2 aliphatic heterocycles. The fraction of sp³-hybridized carbons (Fsp3) is 0.941. The Morgan fingerprint density at radius 2 is 1.71 bits per heavy atom. The maximum Gasteiger partial charge on any atom is 0.307 e. The number of likely N-dealkylation sites (tertiary alicyclic amines) is 2. The first-order chi connectivity index (χ1) is 10.2. The Hall–Kier alpha value is -0.610. The van der Waals surface area contributed by atoms with Gasteiger partial charge in [-0.1, -0.05) is 12.8 Å². The molecule has 0 bridgehead atoms. The van der Waals surface area contributed by atoms with Crippen LogP contribution in [-0.4, -0.2) is 61.1 Å². The minimum Gasteiger partial charge on any atom is -0.466 e. The number of carbonyl (C=O) groups is 1. The molecule has 0 N–H and O–H groups in total. The van der Waals surface area contributed by atoms with Crippen molar-refractivity contribution in [1.82, 2.24) is 9.80 Å². The Morgan fingerprint density at radius 3 is 2.38 bits per heavy atom. The van der Waals surface area contributed by atoms with Crippen LogP contribution >= 0.6 is 0 Å². The molecular formula is C17H32N2O2. The molecule has 122 valence electrons. The van der Waals surface area contributed by atoms with E-state index in [4.69, 9.17) is 4.74 Å². The summed E-state index contributed by atoms with van der Waals surface area (Å²) in [7, 11) is 2.20. The van der Waals surface area contributed by atoms with Crippen molar-refractivity contribution in [2.45, 2.75) is 63.8 Å². The molecule has 2 aliphatic rings. The maximum atomic E-state index is 12.2. The van der Waals surface area contributed by atoms with Crippen LogP contribution in [0.3, 0.4) is 0 Å². The first-order valence-electron chi connectivity index (χ1n) is 8.75. The second-order valence-corrected chi connectivity index (χ2v) is 6.76. The highest BCUT2D eigenvalue weighted by molar-refractivity contribution is 5.71. The van der Waals surface area contributed by atoms with Gasteiger partial charge in [0.25, 0.3) is 0 Å². The molecule has 1 unspecified atom stereocenters. The van der Waals surface area contributed by atoms with Crippen LogP contribution in [0.1, 0.15) is 58.3 Å². The summed E-state index contributed by atoms with van der Waals surface area (Å²) < 4.78 is 5.28. The van der Waals surface area contributed by atoms with Gasteiger partial charge >= 0.3 is 5.97 Å². The van der Waals surface area contributed by atoms with Gasteiger partial charge in [-0.05, 0) is 72.3 Å². The van der Waals surface area contributed by atoms with Crippen molar-refractivity contribution in [2.75, 3.05) is 39.8 Å². The lowest BCUT2D eigenvalue weighted by atomic mass is 9.84. The van der Waals surface area contributed by atoms with Gasteiger partial charge in [-0.25, -0.2) is 0 Å². The minimum atomic E-state index is -0.00806. The lowest BCUT2D eigenvalue weighted by Gasteiger charge is -2.43. The molecule has 2 heterocycles. The van der Waals surface area contributed by atoms with Gasteiger partial charge in [0.15, 0.2) is 0 Å². The molecule has 2 saturated heterocycles. The molecule has 2 rings (SSSR count). The van der Waals surface area contributed by atoms with E-state index in [-0.39, 0.29) is 11.5 Å². The van der Waals surface area contributed by atoms with Gasteiger partial charge in [0.2, 0.25) is 0 Å². The summed E-state index contributed by atoms with van der Waals surface area (Å²) in [4.78, 5) is 17.2. The number of hydrogen-bond donors (Lipinski definition) is 0. The number of esters is 1. The van der Waals surface area contributed by atoms with Crippen LogP contribution < -0.4 is 0 Å². The van der Waals surface area contributed by atoms with Crippen LogP contribution in [0.25, 0.3) is 0 Å². The lowest BCUT2D eigenvalue weighted by molar-refractivity contribution is -0.147. The molecule has 2 fully saturated rings. The van der Waals surface area contributed by atoms with Crippen molar-refractivity contribution < 1.29 is 9.53 Å². The highest BCUT2D eigenvalue weighted by atomic mass is 16.5. The van der Waals surface area contributed by atoms with E-state index in [1.165, 1.54) is 32.1 Å². The predicted octanol–water partition coefficient (Wildman–Crippen LogP) is 2.67. The van der Waals surface area contributed by atoms with Crippen LogP contribution in [0.5, 0.6) is 0 Å². The standard InChI is InChI=1S/C17H32N2O2/c1-3-21-16(20)15-17(9-8-11-18(2)14-10-17)19-12-6-4-5-7-13-19/h3-15H2,1-2H3. The summed E-state index contributed by atoms with van der Waals surface area (Å²) in [6.07, 6.45) is 9.23. The van der Waals surface area contributed by atoms with Gasteiger partial charge in [0.05, 0.1) is 13.0 Å². The number of rotatable bonds is 4. The molecular weight excluding hydrogens is 264 g/mol. The van der Waals surface area contributed by atoms with E-state index in [2.05, 4.69) is 16.8 Å². The SMILES string of the molecule is CCOC(=O)CC1(N2CCCCCC2)CCCN(C)CC1. The molecule has 4 nitrogen and oxygen atoms in total. The number of hydrogen-bond acceptors (Lipinski definition) is 4. The fourth-order valence-corrected chi connectivity index (χ4v) is 3.94. The zero-order valence-electron chi connectivity index (χ0n) is 13.9. The largest absolute Gasteiger partial charge is 0.466 e. The maximum absolute atomic E-state index is 12.2. The van der Waals surface area contributed by atoms with Crippen LogP contribution in [0.2, 0.25) is 0 Å². The summed E-state index contributed by atoms with van der Waals surface area (Å²) in [5.41, 5.74) is 0.0430. The second kappa shape index (κ2) is 8.14. The molecule has 0 aromatic heterocycles. The second-order valence-electron chi connectivity index (χ2n) is 6.76. The number of ether oxygens (including phenoxy) is 1. The molecule has 0 radical (unpaired) electrons. The van der Waals surface area contributed by atoms with E-state index >= 15 is 0 Å². The zero-order chi connectivity index (χ0) is 15.1. The predicted molar refractivity (Wildman–Crippen MR) is 85.4 cm³/mol. The third-order valence-electron chi connectivity index (χ3n) is 5.20. The average molecular weight is 296 g/mol. The average Bonchev–Trinajstić information content (AvgIpc) is 2.82. The molecule has 0 aromatic carbocycles. The van der Waals surface area contributed by atoms with E-state index in [0.29, 0.717) is 13.0 Å². The highest BCUT2D eigenvalue weighted by Gasteiger charge is 2.40. The molecule has 1 atom stereocenters. The van der Waals surface area contributed by atoms with Gasteiger partial charge in [-0.3, -0.25) is 9.69 Å². The molecule has 21 heavy (non-hydrogen) atoms. The Morgan fingerprint density at radius 1 is 1.00 bits per heavy atom. The van der Waals surface area contributed by atoms with Crippen molar-refractivity contribution in [2.24, 2.45) is 0 Å². The molecule has 0 saturated carbocycles. The highest BCUT2D eigenvalue weighted by Crippen LogP contribution is 2.34. The summed E-state index contributed by atoms with van der Waals surface area (Å²) in [5, 5.41) is 0. The van der Waals surface area contributed by atoms with Gasteiger partial charge in [-0.2, -0.15) is 0 Å². The van der Waals surface area contributed by atoms with Gasteiger partial charge in [0, 0.05) is 5.54 Å². The third-order valence-corrected chi connectivity index (χ3v) is 5.20. The summed E-state index contributed by atoms with van der Waals surface area (Å²) in [6.45, 7) is 6.95. The lowest BCUT2D eigenvalue weighted by Crippen LogP contribution is -2.51. The molecule has 0 aromatic rings. The zero-order valence-corrected chi connectivity index (χ0v) is 13.9. The van der Waals surface area contributed by atoms with Crippen molar-refractivity contribution >= 4 is 5.97 Å².